The molecule has 0 aromatic heterocycles. The molecule has 1 aliphatic carbocycles. The fourth-order valence-corrected chi connectivity index (χ4v) is 2.71. The molecule has 0 aromatic rings. The van der Waals surface area contributed by atoms with Crippen LogP contribution in [-0.4, -0.2) is 31.7 Å². The number of carbonyl (C=O) groups is 1. The van der Waals surface area contributed by atoms with E-state index in [1.807, 2.05) is 0 Å². The number of rotatable bonds is 7. The topological polar surface area (TPSA) is 64.3 Å². The molecule has 1 rings (SSSR count). The molecule has 18 heavy (non-hydrogen) atoms. The van der Waals surface area contributed by atoms with Gasteiger partial charge in [0.25, 0.3) is 0 Å². The zero-order valence-corrected chi connectivity index (χ0v) is 11.8. The number of nitrogens with one attached hydrogen (secondary N) is 1. The smallest absolute Gasteiger partial charge is 0.243 e. The maximum atomic E-state index is 10.5. The Hall–Kier alpha value is -0.610. The van der Waals surface area contributed by atoms with Crippen molar-refractivity contribution in [3.8, 4) is 0 Å². The van der Waals surface area contributed by atoms with Crippen molar-refractivity contribution in [3.05, 3.63) is 0 Å². The molecule has 2 atom stereocenters. The van der Waals surface area contributed by atoms with Gasteiger partial charge in [-0.1, -0.05) is 26.7 Å². The number of hydrogen-bond donors (Lipinski definition) is 2. The molecule has 1 aliphatic rings. The van der Waals surface area contributed by atoms with Gasteiger partial charge in [-0.25, -0.2) is 0 Å². The third-order valence-electron chi connectivity index (χ3n) is 3.88. The lowest BCUT2D eigenvalue weighted by Gasteiger charge is -2.19. The maximum absolute atomic E-state index is 10.5. The van der Waals surface area contributed by atoms with E-state index in [1.165, 1.54) is 32.1 Å². The molecule has 1 saturated carbocycles. The van der Waals surface area contributed by atoms with E-state index in [4.69, 9.17) is 10.5 Å². The van der Waals surface area contributed by atoms with Crippen molar-refractivity contribution in [2.75, 3.05) is 19.8 Å². The second-order valence-corrected chi connectivity index (χ2v) is 5.68. The number of carbonyl (C=O) groups excluding carboxylic acids is 1. The van der Waals surface area contributed by atoms with E-state index >= 15 is 0 Å². The minimum absolute atomic E-state index is 0.0295. The molecule has 2 unspecified atom stereocenters. The van der Waals surface area contributed by atoms with Crippen molar-refractivity contribution in [2.45, 2.75) is 52.0 Å². The molecule has 0 aromatic carbocycles. The Labute approximate surface area is 111 Å². The second-order valence-electron chi connectivity index (χ2n) is 5.68. The van der Waals surface area contributed by atoms with Gasteiger partial charge in [-0.05, 0) is 31.1 Å². The Kier molecular flexibility index (Phi) is 7.28. The summed E-state index contributed by atoms with van der Waals surface area (Å²) in [6.45, 7) is 6.06. The summed E-state index contributed by atoms with van der Waals surface area (Å²) in [6.07, 6.45) is 6.55. The van der Waals surface area contributed by atoms with E-state index in [2.05, 4.69) is 19.2 Å². The van der Waals surface area contributed by atoms with Crippen LogP contribution in [0.1, 0.15) is 46.0 Å². The van der Waals surface area contributed by atoms with E-state index in [0.717, 1.165) is 18.4 Å². The molecule has 0 bridgehead atoms. The van der Waals surface area contributed by atoms with Gasteiger partial charge >= 0.3 is 0 Å². The summed E-state index contributed by atoms with van der Waals surface area (Å²) in [6, 6.07) is 0.617. The largest absolute Gasteiger partial charge is 0.370 e. The number of primary amides is 1. The molecular formula is C14H28N2O2. The van der Waals surface area contributed by atoms with Crippen LogP contribution in [0.25, 0.3) is 0 Å². The van der Waals surface area contributed by atoms with Crippen LogP contribution in [0.3, 0.4) is 0 Å². The molecule has 106 valence electrons. The van der Waals surface area contributed by atoms with Crippen LogP contribution in [-0.2, 0) is 9.53 Å². The summed E-state index contributed by atoms with van der Waals surface area (Å²) in [5, 5.41) is 3.52. The van der Waals surface area contributed by atoms with Gasteiger partial charge in [-0.2, -0.15) is 0 Å². The molecule has 4 nitrogen and oxygen atoms in total. The van der Waals surface area contributed by atoms with Gasteiger partial charge < -0.3 is 15.8 Å². The Morgan fingerprint density at radius 3 is 2.78 bits per heavy atom. The van der Waals surface area contributed by atoms with E-state index in [1.54, 1.807) is 0 Å². The first-order chi connectivity index (χ1) is 8.59. The zero-order valence-electron chi connectivity index (χ0n) is 11.8. The Morgan fingerprint density at radius 1 is 1.33 bits per heavy atom. The van der Waals surface area contributed by atoms with Gasteiger partial charge in [0.2, 0.25) is 5.91 Å². The molecular weight excluding hydrogens is 228 g/mol. The first-order valence-electron chi connectivity index (χ1n) is 7.19. The van der Waals surface area contributed by atoms with Gasteiger partial charge in [0.1, 0.15) is 6.61 Å². The summed E-state index contributed by atoms with van der Waals surface area (Å²) >= 11 is 0. The van der Waals surface area contributed by atoms with Crippen LogP contribution >= 0.6 is 0 Å². The molecule has 1 fully saturated rings. The van der Waals surface area contributed by atoms with Crippen LogP contribution in [0.2, 0.25) is 0 Å². The normalized spacial score (nSPS) is 25.1. The summed E-state index contributed by atoms with van der Waals surface area (Å²) in [5.74, 6) is 1.30. The highest BCUT2D eigenvalue weighted by Gasteiger charge is 2.20. The van der Waals surface area contributed by atoms with Crippen molar-refractivity contribution in [1.29, 1.82) is 0 Å². The first kappa shape index (κ1) is 15.4. The lowest BCUT2D eigenvalue weighted by atomic mass is 9.89. The Morgan fingerprint density at radius 2 is 2.11 bits per heavy atom. The molecule has 0 heterocycles. The van der Waals surface area contributed by atoms with Crippen LogP contribution in [0, 0.1) is 11.8 Å². The SMILES string of the molecule is CC(C)C1CCCC(NCCOCC(N)=O)CC1. The molecule has 0 aliphatic heterocycles. The summed E-state index contributed by atoms with van der Waals surface area (Å²) in [4.78, 5) is 10.5. The molecule has 0 spiro atoms. The quantitative estimate of drug-likeness (QED) is 0.538. The predicted molar refractivity (Wildman–Crippen MR) is 73.2 cm³/mol. The molecule has 0 radical (unpaired) electrons. The summed E-state index contributed by atoms with van der Waals surface area (Å²) in [5.41, 5.74) is 5.00. The van der Waals surface area contributed by atoms with Crippen molar-refractivity contribution in [2.24, 2.45) is 17.6 Å². The number of hydrogen-bond acceptors (Lipinski definition) is 3. The number of amides is 1. The fourth-order valence-electron chi connectivity index (χ4n) is 2.71. The second kappa shape index (κ2) is 8.48. The minimum Gasteiger partial charge on any atom is -0.370 e. The van der Waals surface area contributed by atoms with Gasteiger partial charge in [0, 0.05) is 12.6 Å². The van der Waals surface area contributed by atoms with E-state index in [0.29, 0.717) is 12.6 Å². The highest BCUT2D eigenvalue weighted by Crippen LogP contribution is 2.28. The zero-order chi connectivity index (χ0) is 13.4. The highest BCUT2D eigenvalue weighted by molar-refractivity contribution is 5.74. The minimum atomic E-state index is -0.399. The van der Waals surface area contributed by atoms with Crippen LogP contribution < -0.4 is 11.1 Å². The van der Waals surface area contributed by atoms with Gasteiger partial charge in [0.15, 0.2) is 0 Å². The monoisotopic (exact) mass is 256 g/mol. The third kappa shape index (κ3) is 6.36. The molecule has 3 N–H and O–H groups in total. The van der Waals surface area contributed by atoms with Crippen LogP contribution in [0.5, 0.6) is 0 Å². The lowest BCUT2D eigenvalue weighted by molar-refractivity contribution is -0.122. The van der Waals surface area contributed by atoms with E-state index in [-0.39, 0.29) is 6.61 Å². The van der Waals surface area contributed by atoms with Gasteiger partial charge in [-0.3, -0.25) is 4.79 Å². The highest BCUT2D eigenvalue weighted by atomic mass is 16.5. The van der Waals surface area contributed by atoms with Crippen molar-refractivity contribution in [1.82, 2.24) is 5.32 Å². The van der Waals surface area contributed by atoms with Crippen molar-refractivity contribution >= 4 is 5.91 Å². The molecule has 0 saturated heterocycles. The Balaban J connectivity index is 2.10. The fraction of sp³-hybridized carbons (Fsp3) is 0.929. The standard InChI is InChI=1S/C14H28N2O2/c1-11(2)12-4-3-5-13(7-6-12)16-8-9-18-10-14(15)17/h11-13,16H,3-10H2,1-2H3,(H2,15,17). The van der Waals surface area contributed by atoms with Crippen molar-refractivity contribution < 1.29 is 9.53 Å². The Bertz CT molecular complexity index is 244. The maximum Gasteiger partial charge on any atom is 0.243 e. The summed E-state index contributed by atoms with van der Waals surface area (Å²) < 4.78 is 5.14. The molecule has 1 amide bonds. The molecule has 4 heteroatoms. The number of nitrogens with two attached hydrogens (primary N) is 1. The van der Waals surface area contributed by atoms with Crippen LogP contribution in [0.4, 0.5) is 0 Å². The predicted octanol–water partition coefficient (Wildman–Crippen LogP) is 1.68. The van der Waals surface area contributed by atoms with Crippen LogP contribution in [0.15, 0.2) is 0 Å². The lowest BCUT2D eigenvalue weighted by Crippen LogP contribution is -2.32. The summed E-state index contributed by atoms with van der Waals surface area (Å²) in [7, 11) is 0. The number of ether oxygens (including phenoxy) is 1. The van der Waals surface area contributed by atoms with E-state index in [9.17, 15) is 4.79 Å². The third-order valence-corrected chi connectivity index (χ3v) is 3.88. The van der Waals surface area contributed by atoms with Crippen molar-refractivity contribution in [3.63, 3.8) is 0 Å². The first-order valence-corrected chi connectivity index (χ1v) is 7.19. The van der Waals surface area contributed by atoms with Gasteiger partial charge in [0.05, 0.1) is 6.61 Å². The van der Waals surface area contributed by atoms with E-state index < -0.39 is 5.91 Å². The average molecular weight is 256 g/mol. The van der Waals surface area contributed by atoms with Gasteiger partial charge in [-0.15, -0.1) is 0 Å². The average Bonchev–Trinajstić information content (AvgIpc) is 2.53.